The Kier molecular flexibility index (Phi) is 7.27. The molecule has 3 heterocycles. The molecule has 1 aromatic heterocycles. The van der Waals surface area contributed by atoms with E-state index in [-0.39, 0.29) is 17.7 Å². The molecule has 1 aromatic carbocycles. The van der Waals surface area contributed by atoms with Gasteiger partial charge in [-0.25, -0.2) is 5.01 Å². The van der Waals surface area contributed by atoms with Gasteiger partial charge in [0.2, 0.25) is 0 Å². The number of benzene rings is 1. The molecule has 1 fully saturated rings. The highest BCUT2D eigenvalue weighted by Crippen LogP contribution is 2.35. The number of hydrogen-bond acceptors (Lipinski definition) is 7. The van der Waals surface area contributed by atoms with Gasteiger partial charge in [0.05, 0.1) is 35.6 Å². The minimum atomic E-state index is -0.0987. The van der Waals surface area contributed by atoms with Crippen LogP contribution in [0.4, 0.5) is 5.69 Å². The molecular formula is C22H26N4O2S3. The Balaban J connectivity index is 1.49. The van der Waals surface area contributed by atoms with Crippen LogP contribution in [0.5, 0.6) is 0 Å². The number of morpholine rings is 1. The van der Waals surface area contributed by atoms with E-state index < -0.39 is 0 Å². The number of rotatable bonds is 5. The predicted molar refractivity (Wildman–Crippen MR) is 133 cm³/mol. The van der Waals surface area contributed by atoms with Crippen molar-refractivity contribution in [3.8, 4) is 0 Å². The summed E-state index contributed by atoms with van der Waals surface area (Å²) in [5.41, 5.74) is 3.19. The first-order valence-corrected chi connectivity index (χ1v) is 12.5. The molecule has 2 aliphatic heterocycles. The zero-order chi connectivity index (χ0) is 21.8. The van der Waals surface area contributed by atoms with Gasteiger partial charge < -0.3 is 14.5 Å². The van der Waals surface area contributed by atoms with Crippen molar-refractivity contribution in [2.24, 2.45) is 5.10 Å². The summed E-state index contributed by atoms with van der Waals surface area (Å²) < 4.78 is 6.14. The van der Waals surface area contributed by atoms with E-state index in [4.69, 9.17) is 22.1 Å². The number of ether oxygens (including phenoxy) is 1. The highest BCUT2D eigenvalue weighted by Gasteiger charge is 2.33. The molecule has 0 N–H and O–H groups in total. The van der Waals surface area contributed by atoms with Crippen molar-refractivity contribution in [2.75, 3.05) is 51.1 Å². The van der Waals surface area contributed by atoms with Crippen LogP contribution in [0.2, 0.25) is 0 Å². The van der Waals surface area contributed by atoms with Crippen molar-refractivity contribution in [1.29, 1.82) is 0 Å². The summed E-state index contributed by atoms with van der Waals surface area (Å²) in [4.78, 5) is 18.5. The van der Waals surface area contributed by atoms with Gasteiger partial charge in [-0.3, -0.25) is 4.79 Å². The molecule has 1 atom stereocenters. The number of carbonyl (C=O) groups excluding carboxylic acids is 1. The third-order valence-electron chi connectivity index (χ3n) is 5.35. The third-order valence-corrected chi connectivity index (χ3v) is 7.78. The molecule has 0 saturated carbocycles. The highest BCUT2D eigenvalue weighted by molar-refractivity contribution is 8.23. The number of thioether (sulfide) groups is 1. The van der Waals surface area contributed by atoms with Crippen LogP contribution in [-0.4, -0.2) is 72.0 Å². The van der Waals surface area contributed by atoms with Gasteiger partial charge in [0, 0.05) is 39.3 Å². The number of hydrazone groups is 1. The first-order chi connectivity index (χ1) is 15.0. The fraction of sp³-hybridized carbons (Fsp3) is 0.409. The van der Waals surface area contributed by atoms with Crippen molar-refractivity contribution < 1.29 is 9.53 Å². The summed E-state index contributed by atoms with van der Waals surface area (Å²) in [5, 5.41) is 8.45. The van der Waals surface area contributed by atoms with Crippen LogP contribution < -0.4 is 4.90 Å². The number of amides is 1. The SMILES string of the molecule is CN(C)c1ccc([C@H]2CC(c3cccs3)=NN2C(=O)CSC(=S)N2CCOCC2)cc1. The lowest BCUT2D eigenvalue weighted by Crippen LogP contribution is -2.39. The zero-order valence-electron chi connectivity index (χ0n) is 17.7. The van der Waals surface area contributed by atoms with Crippen molar-refractivity contribution in [3.05, 3.63) is 52.2 Å². The molecule has 2 aliphatic rings. The summed E-state index contributed by atoms with van der Waals surface area (Å²) in [6.07, 6.45) is 0.714. The first-order valence-electron chi connectivity index (χ1n) is 10.2. The van der Waals surface area contributed by atoms with Crippen LogP contribution in [0.15, 0.2) is 46.9 Å². The molecular weight excluding hydrogens is 448 g/mol. The molecule has 164 valence electrons. The molecule has 2 aromatic rings. The van der Waals surface area contributed by atoms with E-state index in [2.05, 4.69) is 40.1 Å². The monoisotopic (exact) mass is 474 g/mol. The molecule has 1 amide bonds. The molecule has 9 heteroatoms. The van der Waals surface area contributed by atoms with E-state index in [1.807, 2.05) is 25.5 Å². The second-order valence-corrected chi connectivity index (χ2v) is 10.2. The lowest BCUT2D eigenvalue weighted by molar-refractivity contribution is -0.130. The maximum atomic E-state index is 13.2. The Morgan fingerprint density at radius 3 is 2.65 bits per heavy atom. The summed E-state index contributed by atoms with van der Waals surface area (Å²) in [6.45, 7) is 2.93. The average molecular weight is 475 g/mol. The Bertz CT molecular complexity index is 938. The van der Waals surface area contributed by atoms with Crippen LogP contribution in [0.1, 0.15) is 22.9 Å². The third kappa shape index (κ3) is 5.28. The number of anilines is 1. The van der Waals surface area contributed by atoms with E-state index in [0.717, 1.165) is 39.2 Å². The van der Waals surface area contributed by atoms with Gasteiger partial charge in [-0.2, -0.15) is 5.10 Å². The van der Waals surface area contributed by atoms with Crippen molar-refractivity contribution in [1.82, 2.24) is 9.91 Å². The number of thiophene rings is 1. The maximum Gasteiger partial charge on any atom is 0.253 e. The van der Waals surface area contributed by atoms with E-state index in [1.54, 1.807) is 16.3 Å². The molecule has 0 radical (unpaired) electrons. The molecule has 0 aliphatic carbocycles. The quantitative estimate of drug-likeness (QED) is 0.614. The maximum absolute atomic E-state index is 13.2. The summed E-state index contributed by atoms with van der Waals surface area (Å²) in [5.74, 6) is 0.262. The number of carbonyl (C=O) groups is 1. The Hall–Kier alpha value is -1.94. The van der Waals surface area contributed by atoms with Crippen molar-refractivity contribution >= 4 is 56.9 Å². The van der Waals surface area contributed by atoms with Crippen LogP contribution in [-0.2, 0) is 9.53 Å². The number of hydrogen-bond donors (Lipinski definition) is 0. The van der Waals surface area contributed by atoms with Crippen molar-refractivity contribution in [2.45, 2.75) is 12.5 Å². The molecule has 0 spiro atoms. The van der Waals surface area contributed by atoms with Crippen molar-refractivity contribution in [3.63, 3.8) is 0 Å². The summed E-state index contributed by atoms with van der Waals surface area (Å²) in [6, 6.07) is 12.3. The molecule has 0 bridgehead atoms. The number of nitrogens with zero attached hydrogens (tertiary/aromatic N) is 4. The predicted octanol–water partition coefficient (Wildman–Crippen LogP) is 3.84. The largest absolute Gasteiger partial charge is 0.378 e. The second kappa shape index (κ2) is 10.1. The zero-order valence-corrected chi connectivity index (χ0v) is 20.1. The Morgan fingerprint density at radius 1 is 1.26 bits per heavy atom. The van der Waals surface area contributed by atoms with Gasteiger partial charge in [-0.1, -0.05) is 42.2 Å². The fourth-order valence-electron chi connectivity index (χ4n) is 3.61. The average Bonchev–Trinajstić information content (AvgIpc) is 3.48. The van der Waals surface area contributed by atoms with Gasteiger partial charge in [-0.05, 0) is 29.1 Å². The van der Waals surface area contributed by atoms with E-state index in [0.29, 0.717) is 19.6 Å². The van der Waals surface area contributed by atoms with Gasteiger partial charge in [0.25, 0.3) is 5.91 Å². The topological polar surface area (TPSA) is 48.4 Å². The van der Waals surface area contributed by atoms with Crippen LogP contribution >= 0.6 is 35.3 Å². The standard InChI is InChI=1S/C22H26N4O2S3/c1-24(2)17-7-5-16(6-8-17)19-14-18(20-4-3-13-30-20)23-26(19)21(27)15-31-22(29)25-9-11-28-12-10-25/h3-8,13,19H,9-12,14-15H2,1-2H3/t19-/m1/s1. The van der Waals surface area contributed by atoms with Gasteiger partial charge in [0.15, 0.2) is 0 Å². The minimum absolute atomic E-state index is 0.0196. The van der Waals surface area contributed by atoms with Crippen LogP contribution in [0, 0.1) is 0 Å². The molecule has 0 unspecified atom stereocenters. The molecule has 4 rings (SSSR count). The lowest BCUT2D eigenvalue weighted by atomic mass is 10.0. The molecule has 31 heavy (non-hydrogen) atoms. The number of thiocarbonyl (C=S) groups is 1. The fourth-order valence-corrected chi connectivity index (χ4v) is 5.44. The smallest absolute Gasteiger partial charge is 0.253 e. The van der Waals surface area contributed by atoms with E-state index in [1.165, 1.54) is 11.8 Å². The van der Waals surface area contributed by atoms with Crippen LogP contribution in [0.3, 0.4) is 0 Å². The Labute approximate surface area is 196 Å². The second-order valence-electron chi connectivity index (χ2n) is 7.62. The first kappa shape index (κ1) is 22.3. The van der Waals surface area contributed by atoms with Gasteiger partial charge in [0.1, 0.15) is 4.32 Å². The van der Waals surface area contributed by atoms with Gasteiger partial charge in [-0.15, -0.1) is 11.3 Å². The summed E-state index contributed by atoms with van der Waals surface area (Å²) in [7, 11) is 4.04. The van der Waals surface area contributed by atoms with Gasteiger partial charge >= 0.3 is 0 Å². The Morgan fingerprint density at radius 2 is 2.00 bits per heavy atom. The highest BCUT2D eigenvalue weighted by atomic mass is 32.2. The normalized spacial score (nSPS) is 18.8. The van der Waals surface area contributed by atoms with E-state index >= 15 is 0 Å². The molecule has 1 saturated heterocycles. The van der Waals surface area contributed by atoms with Crippen LogP contribution in [0.25, 0.3) is 0 Å². The minimum Gasteiger partial charge on any atom is -0.378 e. The molecule has 6 nitrogen and oxygen atoms in total. The lowest BCUT2D eigenvalue weighted by Gasteiger charge is -2.29. The van der Waals surface area contributed by atoms with E-state index in [9.17, 15) is 4.79 Å². The summed E-state index contributed by atoms with van der Waals surface area (Å²) >= 11 is 8.61.